The fourth-order valence-electron chi connectivity index (χ4n) is 0.379. The number of ether oxygens (including phenoxy) is 1. The molecular weight excluding hydrogens is 116 g/mol. The Labute approximate surface area is 55.8 Å². The highest BCUT2D eigenvalue weighted by Gasteiger charge is 1.75. The Bertz CT molecular complexity index is 99.2. The molecule has 2 nitrogen and oxygen atoms in total. The van der Waals surface area contributed by atoms with Crippen molar-refractivity contribution in [1.82, 2.24) is 0 Å². The Morgan fingerprint density at radius 2 is 2.22 bits per heavy atom. The molecule has 0 aliphatic rings. The topological polar surface area (TPSA) is 29.5 Å². The number of aliphatic hydroxyl groups is 1. The molecule has 0 spiro atoms. The van der Waals surface area contributed by atoms with Crippen molar-refractivity contribution < 1.29 is 9.84 Å². The van der Waals surface area contributed by atoms with Crippen LogP contribution in [0.3, 0.4) is 0 Å². The number of hydrogen-bond acceptors (Lipinski definition) is 2. The molecule has 0 saturated heterocycles. The third-order valence-corrected chi connectivity index (χ3v) is 0.801. The molecule has 52 valence electrons. The Kier molecular flexibility index (Phi) is 7.05. The molecule has 0 rings (SSSR count). The molecule has 0 aliphatic carbocycles. The predicted molar refractivity (Wildman–Crippen MR) is 36.0 cm³/mol. The lowest BCUT2D eigenvalue weighted by Crippen LogP contribution is -1.82. The third kappa shape index (κ3) is 7.48. The van der Waals surface area contributed by atoms with Gasteiger partial charge in [-0.05, 0) is 6.42 Å². The lowest BCUT2D eigenvalue weighted by Gasteiger charge is -1.84. The van der Waals surface area contributed by atoms with Crippen LogP contribution in [0, 0.1) is 11.8 Å². The summed E-state index contributed by atoms with van der Waals surface area (Å²) in [4.78, 5) is 0. The van der Waals surface area contributed by atoms with Crippen LogP contribution in [-0.2, 0) is 4.74 Å². The summed E-state index contributed by atoms with van der Waals surface area (Å²) in [5.41, 5.74) is 0. The molecule has 0 fully saturated rings. The highest BCUT2D eigenvalue weighted by Crippen LogP contribution is 1.81. The largest absolute Gasteiger partial charge is 0.396 e. The van der Waals surface area contributed by atoms with E-state index in [0.717, 1.165) is 12.8 Å². The summed E-state index contributed by atoms with van der Waals surface area (Å²) in [6.45, 7) is 0.715. The number of hydrogen-bond donors (Lipinski definition) is 1. The van der Waals surface area contributed by atoms with Crippen LogP contribution in [0.2, 0.25) is 0 Å². The van der Waals surface area contributed by atoms with Crippen LogP contribution in [0.1, 0.15) is 12.8 Å². The normalized spacial score (nSPS) is 8.22. The van der Waals surface area contributed by atoms with Gasteiger partial charge in [0, 0.05) is 20.1 Å². The summed E-state index contributed by atoms with van der Waals surface area (Å²) in [5, 5.41) is 8.32. The van der Waals surface area contributed by atoms with Crippen LogP contribution < -0.4 is 0 Å². The molecular formula is C7H12O2. The first kappa shape index (κ1) is 8.48. The second-order valence-electron chi connectivity index (χ2n) is 1.61. The summed E-state index contributed by atoms with van der Waals surface area (Å²) >= 11 is 0. The average molecular weight is 128 g/mol. The zero-order valence-electron chi connectivity index (χ0n) is 5.68. The lowest BCUT2D eigenvalue weighted by molar-refractivity contribution is 0.239. The van der Waals surface area contributed by atoms with E-state index in [1.807, 2.05) is 0 Å². The van der Waals surface area contributed by atoms with E-state index < -0.39 is 0 Å². The minimum atomic E-state index is 0.224. The molecule has 9 heavy (non-hydrogen) atoms. The van der Waals surface area contributed by atoms with E-state index in [9.17, 15) is 0 Å². The van der Waals surface area contributed by atoms with Gasteiger partial charge in [-0.3, -0.25) is 0 Å². The van der Waals surface area contributed by atoms with E-state index in [4.69, 9.17) is 5.11 Å². The Balaban J connectivity index is 2.96. The van der Waals surface area contributed by atoms with Crippen molar-refractivity contribution in [3.8, 4) is 11.8 Å². The fraction of sp³-hybridized carbons (Fsp3) is 0.714. The number of unbranched alkanes of at least 4 members (excludes halogenated alkanes) is 1. The first-order chi connectivity index (χ1) is 4.41. The van der Waals surface area contributed by atoms with Crippen LogP contribution in [-0.4, -0.2) is 25.4 Å². The first-order valence-electron chi connectivity index (χ1n) is 2.97. The second kappa shape index (κ2) is 7.48. The van der Waals surface area contributed by atoms with Crippen molar-refractivity contribution in [1.29, 1.82) is 0 Å². The maximum Gasteiger partial charge on any atom is 0.107 e. The summed E-state index contributed by atoms with van der Waals surface area (Å²) in [7, 11) is 1.61. The molecule has 0 radical (unpaired) electrons. The van der Waals surface area contributed by atoms with Crippen molar-refractivity contribution in [2.45, 2.75) is 12.8 Å². The lowest BCUT2D eigenvalue weighted by atomic mass is 10.3. The minimum Gasteiger partial charge on any atom is -0.396 e. The van der Waals surface area contributed by atoms with Gasteiger partial charge in [-0.1, -0.05) is 5.92 Å². The van der Waals surface area contributed by atoms with Gasteiger partial charge in [-0.15, -0.1) is 5.92 Å². The van der Waals surface area contributed by atoms with E-state index in [-0.39, 0.29) is 6.61 Å². The van der Waals surface area contributed by atoms with Gasteiger partial charge in [0.05, 0.1) is 0 Å². The second-order valence-corrected chi connectivity index (χ2v) is 1.61. The summed E-state index contributed by atoms with van der Waals surface area (Å²) in [6, 6.07) is 0. The van der Waals surface area contributed by atoms with Crippen molar-refractivity contribution in [3.05, 3.63) is 0 Å². The van der Waals surface area contributed by atoms with Crippen LogP contribution in [0.15, 0.2) is 0 Å². The van der Waals surface area contributed by atoms with E-state index >= 15 is 0 Å². The molecule has 0 saturated carbocycles. The van der Waals surface area contributed by atoms with E-state index in [1.165, 1.54) is 0 Å². The highest BCUT2D eigenvalue weighted by molar-refractivity contribution is 4.98. The van der Waals surface area contributed by atoms with Gasteiger partial charge < -0.3 is 9.84 Å². The highest BCUT2D eigenvalue weighted by atomic mass is 16.5. The molecule has 0 heterocycles. The van der Waals surface area contributed by atoms with Crippen LogP contribution >= 0.6 is 0 Å². The smallest absolute Gasteiger partial charge is 0.107 e. The van der Waals surface area contributed by atoms with Gasteiger partial charge >= 0.3 is 0 Å². The Morgan fingerprint density at radius 1 is 1.44 bits per heavy atom. The average Bonchev–Trinajstić information content (AvgIpc) is 1.89. The quantitative estimate of drug-likeness (QED) is 0.440. The van der Waals surface area contributed by atoms with Gasteiger partial charge in [0.1, 0.15) is 6.61 Å². The molecule has 0 bridgehead atoms. The molecule has 0 atom stereocenters. The van der Waals surface area contributed by atoms with Crippen LogP contribution in [0.5, 0.6) is 0 Å². The van der Waals surface area contributed by atoms with Crippen molar-refractivity contribution in [2.75, 3.05) is 20.3 Å². The maximum absolute atomic E-state index is 8.32. The van der Waals surface area contributed by atoms with Gasteiger partial charge in [-0.25, -0.2) is 0 Å². The maximum atomic E-state index is 8.32. The first-order valence-corrected chi connectivity index (χ1v) is 2.97. The van der Waals surface area contributed by atoms with Crippen LogP contribution in [0.4, 0.5) is 0 Å². The van der Waals surface area contributed by atoms with E-state index in [2.05, 4.69) is 16.6 Å². The minimum absolute atomic E-state index is 0.224. The molecule has 2 heteroatoms. The monoisotopic (exact) mass is 128 g/mol. The van der Waals surface area contributed by atoms with Gasteiger partial charge in [0.15, 0.2) is 0 Å². The van der Waals surface area contributed by atoms with E-state index in [0.29, 0.717) is 6.61 Å². The molecule has 0 aliphatic heterocycles. The number of rotatable bonds is 3. The molecule has 1 N–H and O–H groups in total. The summed E-state index contributed by atoms with van der Waals surface area (Å²) < 4.78 is 4.69. The zero-order valence-corrected chi connectivity index (χ0v) is 5.68. The molecule has 0 aromatic heterocycles. The SMILES string of the molecule is COCC#CCCCO. The van der Waals surface area contributed by atoms with Gasteiger partial charge in [0.25, 0.3) is 0 Å². The van der Waals surface area contributed by atoms with Crippen molar-refractivity contribution in [3.63, 3.8) is 0 Å². The molecule has 0 aromatic rings. The fourth-order valence-corrected chi connectivity index (χ4v) is 0.379. The summed E-state index contributed by atoms with van der Waals surface area (Å²) in [6.07, 6.45) is 1.52. The molecule has 0 unspecified atom stereocenters. The predicted octanol–water partition coefficient (Wildman–Crippen LogP) is 0.409. The molecule has 0 amide bonds. The number of methoxy groups -OCH3 is 1. The van der Waals surface area contributed by atoms with Crippen LogP contribution in [0.25, 0.3) is 0 Å². The van der Waals surface area contributed by atoms with Gasteiger partial charge in [-0.2, -0.15) is 0 Å². The Hall–Kier alpha value is -0.520. The zero-order chi connectivity index (χ0) is 6.95. The standard InChI is InChI=1S/C7H12O2/c1-9-7-5-3-2-4-6-8/h8H,2,4,6-7H2,1H3. The number of aliphatic hydroxyl groups excluding tert-OH is 1. The van der Waals surface area contributed by atoms with Gasteiger partial charge in [0.2, 0.25) is 0 Å². The van der Waals surface area contributed by atoms with Crippen molar-refractivity contribution >= 4 is 0 Å². The summed E-state index contributed by atoms with van der Waals surface area (Å²) in [5.74, 6) is 5.64. The molecule has 0 aromatic carbocycles. The Morgan fingerprint density at radius 3 is 2.78 bits per heavy atom. The third-order valence-electron chi connectivity index (χ3n) is 0.801. The van der Waals surface area contributed by atoms with E-state index in [1.54, 1.807) is 7.11 Å². The van der Waals surface area contributed by atoms with Crippen molar-refractivity contribution in [2.24, 2.45) is 0 Å².